The van der Waals surface area contributed by atoms with E-state index in [9.17, 15) is 19.3 Å². The molecule has 1 atom stereocenters. The minimum atomic E-state index is -0.991. The first-order chi connectivity index (χ1) is 17.0. The molecule has 0 bridgehead atoms. The van der Waals surface area contributed by atoms with Gasteiger partial charge in [0.05, 0.1) is 24.8 Å². The van der Waals surface area contributed by atoms with Crippen molar-refractivity contribution in [3.8, 4) is 5.75 Å². The van der Waals surface area contributed by atoms with Crippen LogP contribution in [-0.2, 0) is 11.3 Å². The predicted molar refractivity (Wildman–Crippen MR) is 136 cm³/mol. The molecule has 36 heavy (non-hydrogen) atoms. The summed E-state index contributed by atoms with van der Waals surface area (Å²) in [6.07, 6.45) is -0.454. The molecule has 3 aromatic rings. The lowest BCUT2D eigenvalue weighted by molar-refractivity contribution is -0.118. The number of carbonyl (C=O) groups is 1. The summed E-state index contributed by atoms with van der Waals surface area (Å²) in [5.41, 5.74) is 0.185. The third-order valence-corrected chi connectivity index (χ3v) is 5.57. The zero-order valence-corrected chi connectivity index (χ0v) is 21.1. The summed E-state index contributed by atoms with van der Waals surface area (Å²) in [4.78, 5) is 53.2. The molecule has 1 aromatic heterocycles. The Kier molecular flexibility index (Phi) is 8.25. The number of amides is 1. The quantitative estimate of drug-likeness (QED) is 0.361. The van der Waals surface area contributed by atoms with Crippen LogP contribution in [-0.4, -0.2) is 25.8 Å². The number of aromatic nitrogens is 3. The summed E-state index contributed by atoms with van der Waals surface area (Å²) in [5, 5.41) is 2.86. The van der Waals surface area contributed by atoms with Gasteiger partial charge in [0, 0.05) is 16.2 Å². The highest BCUT2D eigenvalue weighted by molar-refractivity contribution is 6.30. The van der Waals surface area contributed by atoms with E-state index in [1.807, 2.05) is 20.8 Å². The molecule has 1 heterocycles. The van der Waals surface area contributed by atoms with Gasteiger partial charge >= 0.3 is 11.4 Å². The van der Waals surface area contributed by atoms with Crippen LogP contribution in [0, 0.1) is 11.8 Å². The molecule has 0 aliphatic rings. The molecule has 2 N–H and O–H groups in total. The van der Waals surface area contributed by atoms with Crippen LogP contribution < -0.4 is 27.6 Å². The number of hydrogen-bond acceptors (Lipinski definition) is 7. The fraction of sp³-hybridized carbons (Fsp3) is 0.333. The van der Waals surface area contributed by atoms with E-state index in [1.165, 1.54) is 11.5 Å². The molecule has 0 saturated carbocycles. The summed E-state index contributed by atoms with van der Waals surface area (Å²) in [6.45, 7) is 7.14. The summed E-state index contributed by atoms with van der Waals surface area (Å²) in [5.74, 6) is 5.82. The molecule has 3 rings (SSSR count). The Morgan fingerprint density at radius 3 is 2.33 bits per heavy atom. The van der Waals surface area contributed by atoms with Crippen molar-refractivity contribution < 1.29 is 9.53 Å². The van der Waals surface area contributed by atoms with Gasteiger partial charge in [0.1, 0.15) is 5.75 Å². The van der Waals surface area contributed by atoms with Crippen LogP contribution in [0.5, 0.6) is 5.75 Å². The molecular weight excluding hydrogens is 488 g/mol. The van der Waals surface area contributed by atoms with Gasteiger partial charge in [-0.1, -0.05) is 23.7 Å². The third-order valence-electron chi connectivity index (χ3n) is 5.32. The second-order valence-electron chi connectivity index (χ2n) is 8.58. The molecule has 0 aliphatic heterocycles. The average Bonchev–Trinajstić information content (AvgIpc) is 2.82. The summed E-state index contributed by atoms with van der Waals surface area (Å²) >= 11 is 5.99. The molecule has 11 nitrogen and oxygen atoms in total. The van der Waals surface area contributed by atoms with E-state index in [0.29, 0.717) is 22.0 Å². The summed E-state index contributed by atoms with van der Waals surface area (Å²) in [6, 6.07) is 11.0. The lowest BCUT2D eigenvalue weighted by Crippen LogP contribution is -2.58. The molecular formula is C24H27ClN6O5. The zero-order chi connectivity index (χ0) is 26.6. The first kappa shape index (κ1) is 26.6. The van der Waals surface area contributed by atoms with Crippen LogP contribution >= 0.6 is 11.6 Å². The molecule has 2 aromatic carbocycles. The molecule has 190 valence electrons. The van der Waals surface area contributed by atoms with Crippen LogP contribution in [0.2, 0.25) is 5.02 Å². The summed E-state index contributed by atoms with van der Waals surface area (Å²) < 4.78 is 8.52. The fourth-order valence-electron chi connectivity index (χ4n) is 3.62. The number of nitrogens with two attached hydrogens (primary N) is 1. The summed E-state index contributed by atoms with van der Waals surface area (Å²) in [7, 11) is 0. The van der Waals surface area contributed by atoms with E-state index in [1.54, 1.807) is 42.5 Å². The van der Waals surface area contributed by atoms with Crippen molar-refractivity contribution in [2.75, 3.05) is 5.84 Å². The molecule has 0 aliphatic carbocycles. The number of carbonyl (C=O) groups excluding carboxylic acids is 1. The first-order valence-corrected chi connectivity index (χ1v) is 11.6. The predicted octanol–water partition coefficient (Wildman–Crippen LogP) is 2.80. The maximum Gasteiger partial charge on any atom is 0.354 e. The van der Waals surface area contributed by atoms with Crippen LogP contribution in [0.4, 0.5) is 5.69 Å². The van der Waals surface area contributed by atoms with E-state index in [0.717, 1.165) is 14.8 Å². The second kappa shape index (κ2) is 11.2. The Morgan fingerprint density at radius 2 is 1.75 bits per heavy atom. The Morgan fingerprint density at radius 1 is 1.08 bits per heavy atom. The second-order valence-corrected chi connectivity index (χ2v) is 9.02. The maximum atomic E-state index is 13.5. The largest absolute Gasteiger partial charge is 0.491 e. The van der Waals surface area contributed by atoms with E-state index in [-0.39, 0.29) is 18.3 Å². The third kappa shape index (κ3) is 5.98. The number of rotatable bonds is 8. The maximum absolute atomic E-state index is 13.5. The molecule has 0 radical (unpaired) electrons. The molecule has 0 fully saturated rings. The zero-order valence-electron chi connectivity index (χ0n) is 20.3. The molecule has 0 unspecified atom stereocenters. The van der Waals surface area contributed by atoms with Crippen molar-refractivity contribution in [2.45, 2.75) is 52.8 Å². The van der Waals surface area contributed by atoms with E-state index in [2.05, 4.69) is 10.2 Å². The van der Waals surface area contributed by atoms with Gasteiger partial charge in [-0.25, -0.2) is 19.1 Å². The van der Waals surface area contributed by atoms with Crippen molar-refractivity contribution in [2.24, 2.45) is 10.2 Å². The smallest absolute Gasteiger partial charge is 0.354 e. The van der Waals surface area contributed by atoms with E-state index in [4.69, 9.17) is 22.2 Å². The first-order valence-electron chi connectivity index (χ1n) is 11.2. The topological polar surface area (TPSA) is 143 Å². The fourth-order valence-corrected chi connectivity index (χ4v) is 3.74. The number of nitrogen functional groups attached to an aromatic ring is 1. The van der Waals surface area contributed by atoms with Crippen LogP contribution in [0.1, 0.15) is 44.4 Å². The van der Waals surface area contributed by atoms with Gasteiger partial charge < -0.3 is 10.6 Å². The van der Waals surface area contributed by atoms with Gasteiger partial charge in [-0.05, 0) is 69.2 Å². The number of hydrogen-bond donors (Lipinski definition) is 1. The number of halogens is 1. The van der Waals surface area contributed by atoms with Crippen LogP contribution in [0.25, 0.3) is 0 Å². The van der Waals surface area contributed by atoms with Crippen molar-refractivity contribution in [3.05, 3.63) is 90.1 Å². The normalized spacial score (nSPS) is 12.6. The van der Waals surface area contributed by atoms with E-state index >= 15 is 0 Å². The minimum absolute atomic E-state index is 0.00639. The van der Waals surface area contributed by atoms with Gasteiger partial charge in [0.15, 0.2) is 0 Å². The molecule has 0 saturated heterocycles. The van der Waals surface area contributed by atoms with Gasteiger partial charge in [0.2, 0.25) is 5.62 Å². The van der Waals surface area contributed by atoms with Crippen LogP contribution in [0.15, 0.2) is 62.2 Å². The highest BCUT2D eigenvalue weighted by Gasteiger charge is 2.20. The Hall–Kier alpha value is -3.99. The highest BCUT2D eigenvalue weighted by Crippen LogP contribution is 2.24. The van der Waals surface area contributed by atoms with Crippen LogP contribution in [0.3, 0.4) is 0 Å². The van der Waals surface area contributed by atoms with Gasteiger partial charge in [0.25, 0.3) is 5.91 Å². The van der Waals surface area contributed by atoms with Gasteiger partial charge in [-0.3, -0.25) is 9.36 Å². The standard InChI is InChI=1S/C24H27ClN6O5/c1-14(2)36-20-10-9-19(11-15(20)3)27-22-29(13-17-5-7-18(25)8-6-17)23(33)30(24(34)31(22)26)16(4)12-21(32)28-35/h5-11,14,16H,12-13,26H2,1-4H3/b27-22-/t16-/m0/s1. The monoisotopic (exact) mass is 514 g/mol. The van der Waals surface area contributed by atoms with Crippen molar-refractivity contribution in [1.82, 2.24) is 13.8 Å². The molecule has 12 heteroatoms. The average molecular weight is 515 g/mol. The molecule has 1 amide bonds. The number of nitroso groups, excluding NO2 is 1. The number of nitrogens with zero attached hydrogens (tertiary/aromatic N) is 5. The van der Waals surface area contributed by atoms with Gasteiger partial charge in [-0.15, -0.1) is 4.91 Å². The Bertz CT molecular complexity index is 1470. The van der Waals surface area contributed by atoms with Crippen molar-refractivity contribution in [1.29, 1.82) is 0 Å². The van der Waals surface area contributed by atoms with E-state index < -0.39 is 29.7 Å². The van der Waals surface area contributed by atoms with Gasteiger partial charge in [-0.2, -0.15) is 4.68 Å². The number of benzene rings is 2. The Balaban J connectivity index is 2.25. The number of aryl methyl sites for hydroxylation is 1. The minimum Gasteiger partial charge on any atom is -0.491 e. The number of ether oxygens (including phenoxy) is 1. The van der Waals surface area contributed by atoms with Crippen molar-refractivity contribution >= 4 is 23.2 Å². The lowest BCUT2D eigenvalue weighted by Gasteiger charge is -2.17. The SMILES string of the molecule is Cc1cc(/N=c2\n(N)c(=O)n([C@@H](C)CC(=O)N=O)c(=O)n2Cc2ccc(Cl)cc2)ccc1OC(C)C. The lowest BCUT2D eigenvalue weighted by atomic mass is 10.2. The highest BCUT2D eigenvalue weighted by atomic mass is 35.5. The Labute approximate surface area is 211 Å². The van der Waals surface area contributed by atoms with Crippen molar-refractivity contribution in [3.63, 3.8) is 0 Å². The molecule has 0 spiro atoms.